The Labute approximate surface area is 138 Å². The van der Waals surface area contributed by atoms with Crippen molar-refractivity contribution in [3.63, 3.8) is 0 Å². The molecular weight excluding hydrogens is 316 g/mol. The van der Waals surface area contributed by atoms with E-state index in [0.29, 0.717) is 24.4 Å². The molecule has 0 fully saturated rings. The molecule has 128 valence electrons. The van der Waals surface area contributed by atoms with Gasteiger partial charge in [-0.05, 0) is 18.1 Å². The van der Waals surface area contributed by atoms with Crippen LogP contribution in [0.5, 0.6) is 0 Å². The van der Waals surface area contributed by atoms with E-state index in [1.165, 1.54) is 0 Å². The van der Waals surface area contributed by atoms with Gasteiger partial charge in [0.25, 0.3) is 0 Å². The normalized spacial score (nSPS) is 15.5. The van der Waals surface area contributed by atoms with Crippen LogP contribution in [0.4, 0.5) is 8.78 Å². The number of rotatable bonds is 3. The maximum absolute atomic E-state index is 13.4. The van der Waals surface area contributed by atoms with E-state index >= 15 is 0 Å². The highest BCUT2D eigenvalue weighted by molar-refractivity contribution is 5.82. The van der Waals surface area contributed by atoms with Gasteiger partial charge in [0.05, 0.1) is 12.6 Å². The Morgan fingerprint density at radius 3 is 2.58 bits per heavy atom. The second-order valence-corrected chi connectivity index (χ2v) is 6.33. The van der Waals surface area contributed by atoms with Gasteiger partial charge >= 0.3 is 0 Å². The van der Waals surface area contributed by atoms with Gasteiger partial charge in [-0.3, -0.25) is 4.79 Å². The molecular formula is C17H19F2N3O2. The summed E-state index contributed by atoms with van der Waals surface area (Å²) < 4.78 is 32.3. The van der Waals surface area contributed by atoms with E-state index in [-0.39, 0.29) is 29.8 Å². The van der Waals surface area contributed by atoms with Crippen LogP contribution in [0.25, 0.3) is 11.5 Å². The van der Waals surface area contributed by atoms with Gasteiger partial charge in [0.2, 0.25) is 11.8 Å². The average Bonchev–Trinajstić information content (AvgIpc) is 2.95. The number of oxazole rings is 1. The number of carbonyl (C=O) groups is 1. The summed E-state index contributed by atoms with van der Waals surface area (Å²) in [5, 5.41) is 0. The minimum atomic E-state index is -0.694. The van der Waals surface area contributed by atoms with Gasteiger partial charge in [-0.2, -0.15) is 0 Å². The molecule has 1 aliphatic heterocycles. The van der Waals surface area contributed by atoms with Crippen molar-refractivity contribution in [3.05, 3.63) is 41.3 Å². The molecule has 3 rings (SSSR count). The van der Waals surface area contributed by atoms with E-state index in [1.54, 1.807) is 4.90 Å². The lowest BCUT2D eigenvalue weighted by Gasteiger charge is -2.29. The summed E-state index contributed by atoms with van der Waals surface area (Å²) in [6.45, 7) is 4.56. The van der Waals surface area contributed by atoms with Gasteiger partial charge in [-0.1, -0.05) is 13.8 Å². The summed E-state index contributed by atoms with van der Waals surface area (Å²) in [4.78, 5) is 18.3. The maximum atomic E-state index is 13.4. The van der Waals surface area contributed by atoms with Crippen molar-refractivity contribution in [1.29, 1.82) is 0 Å². The fourth-order valence-electron chi connectivity index (χ4n) is 2.68. The first-order valence-electron chi connectivity index (χ1n) is 7.84. The molecule has 7 heteroatoms. The maximum Gasteiger partial charge on any atom is 0.240 e. The molecule has 1 aliphatic rings. The molecule has 2 N–H and O–H groups in total. The monoisotopic (exact) mass is 335 g/mol. The molecule has 0 bridgehead atoms. The van der Waals surface area contributed by atoms with Crippen molar-refractivity contribution >= 4 is 5.91 Å². The second kappa shape index (κ2) is 6.32. The third-order valence-electron chi connectivity index (χ3n) is 4.15. The number of benzene rings is 1. The van der Waals surface area contributed by atoms with E-state index < -0.39 is 17.7 Å². The Bertz CT molecular complexity index is 753. The van der Waals surface area contributed by atoms with Crippen molar-refractivity contribution in [2.45, 2.75) is 32.9 Å². The minimum Gasteiger partial charge on any atom is -0.441 e. The van der Waals surface area contributed by atoms with E-state index in [1.807, 2.05) is 13.8 Å². The number of nitrogens with two attached hydrogens (primary N) is 1. The van der Waals surface area contributed by atoms with Crippen molar-refractivity contribution in [2.24, 2.45) is 11.7 Å². The summed E-state index contributed by atoms with van der Waals surface area (Å²) in [5.74, 6) is -0.682. The lowest BCUT2D eigenvalue weighted by atomic mass is 10.0. The zero-order valence-corrected chi connectivity index (χ0v) is 13.6. The Balaban J connectivity index is 1.83. The van der Waals surface area contributed by atoms with Gasteiger partial charge in [0.15, 0.2) is 0 Å². The fraction of sp³-hybridized carbons (Fsp3) is 0.412. The Hall–Kier alpha value is -2.28. The van der Waals surface area contributed by atoms with Gasteiger partial charge in [-0.25, -0.2) is 13.8 Å². The van der Waals surface area contributed by atoms with Crippen LogP contribution in [0.1, 0.15) is 25.3 Å². The number of hydrogen-bond donors (Lipinski definition) is 1. The van der Waals surface area contributed by atoms with Crippen molar-refractivity contribution in [2.75, 3.05) is 6.54 Å². The van der Waals surface area contributed by atoms with Crippen LogP contribution >= 0.6 is 0 Å². The predicted octanol–water partition coefficient (Wildman–Crippen LogP) is 2.49. The zero-order chi connectivity index (χ0) is 17.4. The molecule has 0 saturated carbocycles. The topological polar surface area (TPSA) is 72.4 Å². The highest BCUT2D eigenvalue weighted by Crippen LogP contribution is 2.27. The number of nitrogens with zero attached hydrogens (tertiary/aromatic N) is 2. The predicted molar refractivity (Wildman–Crippen MR) is 83.8 cm³/mol. The summed E-state index contributed by atoms with van der Waals surface area (Å²) in [5.41, 5.74) is 6.76. The number of amides is 1. The van der Waals surface area contributed by atoms with Gasteiger partial charge in [0.1, 0.15) is 23.1 Å². The van der Waals surface area contributed by atoms with Crippen LogP contribution in [0, 0.1) is 17.6 Å². The van der Waals surface area contributed by atoms with Crippen LogP contribution in [-0.4, -0.2) is 28.4 Å². The molecule has 1 aromatic carbocycles. The van der Waals surface area contributed by atoms with Crippen LogP contribution in [0.15, 0.2) is 22.6 Å². The quantitative estimate of drug-likeness (QED) is 0.935. The molecule has 0 aliphatic carbocycles. The van der Waals surface area contributed by atoms with Crippen LogP contribution in [-0.2, 0) is 17.8 Å². The third-order valence-corrected chi connectivity index (χ3v) is 4.15. The van der Waals surface area contributed by atoms with Crippen molar-refractivity contribution < 1.29 is 18.0 Å². The Morgan fingerprint density at radius 1 is 1.29 bits per heavy atom. The summed E-state index contributed by atoms with van der Waals surface area (Å²) >= 11 is 0. The number of carbonyl (C=O) groups excluding carboxylic acids is 1. The molecule has 1 amide bonds. The smallest absolute Gasteiger partial charge is 0.240 e. The molecule has 2 aromatic rings. The Kier molecular flexibility index (Phi) is 4.36. The van der Waals surface area contributed by atoms with Crippen LogP contribution in [0.2, 0.25) is 0 Å². The second-order valence-electron chi connectivity index (χ2n) is 6.33. The highest BCUT2D eigenvalue weighted by atomic mass is 19.1. The molecule has 2 heterocycles. The SMILES string of the molecule is CC(C)[C@H](N)C(=O)N1CCc2oc(-c3cc(F)cc(F)c3)nc2C1. The average molecular weight is 335 g/mol. The standard InChI is InChI=1S/C17H19F2N3O2/c1-9(2)15(20)17(23)22-4-3-14-13(8-22)21-16(24-14)10-5-11(18)7-12(19)6-10/h5-7,9,15H,3-4,8,20H2,1-2H3/t15-/m0/s1. The van der Waals surface area contributed by atoms with E-state index in [4.69, 9.17) is 10.2 Å². The lowest BCUT2D eigenvalue weighted by Crippen LogP contribution is -2.48. The molecule has 0 radical (unpaired) electrons. The van der Waals surface area contributed by atoms with E-state index in [0.717, 1.165) is 18.2 Å². The zero-order valence-electron chi connectivity index (χ0n) is 13.6. The van der Waals surface area contributed by atoms with Crippen LogP contribution < -0.4 is 5.73 Å². The first-order chi connectivity index (χ1) is 11.3. The number of hydrogen-bond acceptors (Lipinski definition) is 4. The molecule has 0 saturated heterocycles. The lowest BCUT2D eigenvalue weighted by molar-refractivity contribution is -0.134. The van der Waals surface area contributed by atoms with Gasteiger partial charge in [-0.15, -0.1) is 0 Å². The largest absolute Gasteiger partial charge is 0.441 e. The number of halogens is 2. The number of fused-ring (bicyclic) bond motifs is 1. The number of aromatic nitrogens is 1. The molecule has 0 unspecified atom stereocenters. The summed E-state index contributed by atoms with van der Waals surface area (Å²) in [7, 11) is 0. The summed E-state index contributed by atoms with van der Waals surface area (Å²) in [6, 6.07) is 2.56. The molecule has 24 heavy (non-hydrogen) atoms. The van der Waals surface area contributed by atoms with Gasteiger partial charge < -0.3 is 15.1 Å². The van der Waals surface area contributed by atoms with Crippen molar-refractivity contribution in [1.82, 2.24) is 9.88 Å². The Morgan fingerprint density at radius 2 is 1.96 bits per heavy atom. The van der Waals surface area contributed by atoms with Crippen LogP contribution in [0.3, 0.4) is 0 Å². The molecule has 1 aromatic heterocycles. The minimum absolute atomic E-state index is 0.0436. The third kappa shape index (κ3) is 3.17. The molecule has 0 spiro atoms. The fourth-order valence-corrected chi connectivity index (χ4v) is 2.68. The van der Waals surface area contributed by atoms with Crippen molar-refractivity contribution in [3.8, 4) is 11.5 Å². The van der Waals surface area contributed by atoms with E-state index in [2.05, 4.69) is 4.98 Å². The first kappa shape index (κ1) is 16.6. The highest BCUT2D eigenvalue weighted by Gasteiger charge is 2.29. The molecule has 5 nitrogen and oxygen atoms in total. The first-order valence-corrected chi connectivity index (χ1v) is 7.84. The van der Waals surface area contributed by atoms with E-state index in [9.17, 15) is 13.6 Å². The molecule has 1 atom stereocenters. The summed E-state index contributed by atoms with van der Waals surface area (Å²) in [6.07, 6.45) is 0.497. The van der Waals surface area contributed by atoms with Gasteiger partial charge in [0, 0.05) is 24.6 Å².